The van der Waals surface area contributed by atoms with Gasteiger partial charge in [0.05, 0.1) is 46.3 Å². The zero-order valence-electron chi connectivity index (χ0n) is 27.3. The molecule has 5 aromatic rings. The van der Waals surface area contributed by atoms with Crippen LogP contribution in [0.1, 0.15) is 68.9 Å². The topological polar surface area (TPSA) is 130 Å². The van der Waals surface area contributed by atoms with Crippen LogP contribution in [0, 0.1) is 6.92 Å². The van der Waals surface area contributed by atoms with Gasteiger partial charge < -0.3 is 24.8 Å². The minimum absolute atomic E-state index is 0.174. The van der Waals surface area contributed by atoms with Crippen LogP contribution in [0.15, 0.2) is 48.5 Å². The number of aliphatic hydroxyl groups excluding tert-OH is 1. The first-order valence-corrected chi connectivity index (χ1v) is 17.4. The quantitative estimate of drug-likeness (QED) is 0.149. The maximum absolute atomic E-state index is 12.7. The fourth-order valence-electron chi connectivity index (χ4n) is 6.91. The number of likely N-dealkylation sites (tertiary alicyclic amines) is 1. The molecular weight excluding hydrogens is 652 g/mol. The van der Waals surface area contributed by atoms with Crippen LogP contribution in [-0.2, 0) is 14.3 Å². The molecule has 0 radical (unpaired) electrons. The van der Waals surface area contributed by atoms with Crippen molar-refractivity contribution in [3.05, 3.63) is 70.4 Å². The van der Waals surface area contributed by atoms with Crippen LogP contribution in [0.2, 0.25) is 5.02 Å². The summed E-state index contributed by atoms with van der Waals surface area (Å²) < 4.78 is 13.7. The number of carboxylic acids is 1. The highest BCUT2D eigenvalue weighted by Gasteiger charge is 2.34. The van der Waals surface area contributed by atoms with E-state index >= 15 is 0 Å². The zero-order valence-corrected chi connectivity index (χ0v) is 28.9. The van der Waals surface area contributed by atoms with Crippen molar-refractivity contribution in [1.29, 1.82) is 0 Å². The number of fused-ring (bicyclic) bond motifs is 2. The molecular formula is C36H39ClN4O6S. The maximum Gasteiger partial charge on any atom is 0.337 e. The molecule has 3 N–H and O–H groups in total. The van der Waals surface area contributed by atoms with E-state index in [1.807, 2.05) is 64.1 Å². The van der Waals surface area contributed by atoms with Crippen molar-refractivity contribution in [2.45, 2.75) is 70.6 Å². The molecule has 3 aromatic carbocycles. The lowest BCUT2D eigenvalue weighted by molar-refractivity contribution is -0.160. The van der Waals surface area contributed by atoms with E-state index in [1.54, 1.807) is 12.1 Å². The molecule has 0 aliphatic carbocycles. The van der Waals surface area contributed by atoms with Gasteiger partial charge >= 0.3 is 5.97 Å². The largest absolute Gasteiger partial charge is 0.479 e. The van der Waals surface area contributed by atoms with Gasteiger partial charge in [0, 0.05) is 33.0 Å². The second kappa shape index (κ2) is 12.8. The molecule has 0 bridgehead atoms. The highest BCUT2D eigenvalue weighted by atomic mass is 35.5. The van der Waals surface area contributed by atoms with Gasteiger partial charge in [-0.15, -0.1) is 11.3 Å². The van der Waals surface area contributed by atoms with E-state index < -0.39 is 24.1 Å². The Morgan fingerprint density at radius 1 is 1.06 bits per heavy atom. The van der Waals surface area contributed by atoms with Crippen LogP contribution in [-0.4, -0.2) is 78.9 Å². The summed E-state index contributed by atoms with van der Waals surface area (Å²) in [4.78, 5) is 20.3. The van der Waals surface area contributed by atoms with Gasteiger partial charge in [0.25, 0.3) is 6.41 Å². The van der Waals surface area contributed by atoms with E-state index in [9.17, 15) is 20.1 Å². The van der Waals surface area contributed by atoms with E-state index in [-0.39, 0.29) is 5.92 Å². The molecule has 7 rings (SSSR count). The molecule has 12 heteroatoms. The van der Waals surface area contributed by atoms with Crippen molar-refractivity contribution < 1.29 is 29.6 Å². The van der Waals surface area contributed by atoms with Crippen molar-refractivity contribution in [3.63, 3.8) is 0 Å². The molecule has 0 amide bonds. The number of thiazole rings is 1. The number of nitrogens with zero attached hydrogens (tertiary/aromatic N) is 4. The van der Waals surface area contributed by atoms with Gasteiger partial charge in [-0.25, -0.2) is 14.5 Å². The number of hydrogen-bond acceptors (Lipinski definition) is 9. The first-order valence-electron chi connectivity index (χ1n) is 16.2. The minimum atomic E-state index is -1.76. The number of ether oxygens (including phenoxy) is 2. The molecule has 0 spiro atoms. The Bertz CT molecular complexity index is 1990. The minimum Gasteiger partial charge on any atom is -0.479 e. The van der Waals surface area contributed by atoms with E-state index in [2.05, 4.69) is 4.90 Å². The Balaban J connectivity index is 1.35. The summed E-state index contributed by atoms with van der Waals surface area (Å²) in [6.07, 6.45) is -1.13. The standard InChI is InChI=1S/C36H39ClN4O6S/c1-19-15-26-32(29(20-5-8-23(37)9-6-20)28(19)31(34(42)43)47-36(2,3)4)48-33(38-26)22-7-10-27-25(16-22)30(39-41(27)35(44)45)21-11-13-40(14-12-21)24-17-46-18-24/h5-10,15-16,21,24,31,35,44-45H,11-14,17-18H2,1-4H3,(H,42,43)/t31-/m0/s1. The number of halogens is 1. The lowest BCUT2D eigenvalue weighted by Gasteiger charge is -2.41. The number of aliphatic carboxylic acids is 1. The Morgan fingerprint density at radius 2 is 1.75 bits per heavy atom. The lowest BCUT2D eigenvalue weighted by atomic mass is 9.90. The highest BCUT2D eigenvalue weighted by Crippen LogP contribution is 2.45. The van der Waals surface area contributed by atoms with E-state index in [0.717, 1.165) is 87.7 Å². The smallest absolute Gasteiger partial charge is 0.337 e. The fraction of sp³-hybridized carbons (Fsp3) is 0.417. The van der Waals surface area contributed by atoms with Gasteiger partial charge in [0.15, 0.2) is 6.10 Å². The maximum atomic E-state index is 12.7. The molecule has 2 aromatic heterocycles. The molecule has 2 saturated heterocycles. The molecule has 2 fully saturated rings. The number of aryl methyl sites for hydroxylation is 1. The van der Waals surface area contributed by atoms with Crippen LogP contribution in [0.5, 0.6) is 0 Å². The average Bonchev–Trinajstić information content (AvgIpc) is 3.60. The molecule has 252 valence electrons. The van der Waals surface area contributed by atoms with E-state index in [0.29, 0.717) is 22.1 Å². The van der Waals surface area contributed by atoms with Gasteiger partial charge in [-0.3, -0.25) is 4.90 Å². The normalized spacial score (nSPS) is 17.4. The molecule has 0 saturated carbocycles. The van der Waals surface area contributed by atoms with E-state index in [4.69, 9.17) is 31.2 Å². The predicted molar refractivity (Wildman–Crippen MR) is 186 cm³/mol. The molecule has 2 aliphatic heterocycles. The number of aliphatic hydroxyl groups is 2. The lowest BCUT2D eigenvalue weighted by Crippen LogP contribution is -2.51. The third-order valence-corrected chi connectivity index (χ3v) is 10.7. The SMILES string of the molecule is Cc1cc2nc(-c3ccc4c(c3)c(C3CCN(C5COC5)CC3)nn4C(O)O)sc2c(-c2ccc(Cl)cc2)c1[C@H](OC(C)(C)C)C(=O)O. The van der Waals surface area contributed by atoms with Gasteiger partial charge in [-0.1, -0.05) is 23.7 Å². The van der Waals surface area contributed by atoms with Crippen LogP contribution >= 0.6 is 22.9 Å². The first kappa shape index (κ1) is 33.1. The Morgan fingerprint density at radius 3 is 2.35 bits per heavy atom. The third kappa shape index (κ3) is 6.24. The summed E-state index contributed by atoms with van der Waals surface area (Å²) in [6.45, 7) is 10.9. The van der Waals surface area contributed by atoms with E-state index in [1.165, 1.54) is 16.0 Å². The van der Waals surface area contributed by atoms with Crippen LogP contribution < -0.4 is 0 Å². The van der Waals surface area contributed by atoms with Crippen molar-refractivity contribution in [1.82, 2.24) is 19.7 Å². The number of carbonyl (C=O) groups is 1. The zero-order chi connectivity index (χ0) is 33.9. The summed E-state index contributed by atoms with van der Waals surface area (Å²) in [5, 5.41) is 37.7. The van der Waals surface area contributed by atoms with Crippen molar-refractivity contribution >= 4 is 50.0 Å². The van der Waals surface area contributed by atoms with Gasteiger partial charge in [0.2, 0.25) is 0 Å². The summed E-state index contributed by atoms with van der Waals surface area (Å²) in [7, 11) is 0. The summed E-state index contributed by atoms with van der Waals surface area (Å²) in [5.41, 5.74) is 5.31. The Hall–Kier alpha value is -3.42. The number of hydrogen-bond donors (Lipinski definition) is 3. The Kier molecular flexibility index (Phi) is 8.82. The predicted octanol–water partition coefficient (Wildman–Crippen LogP) is 6.90. The summed E-state index contributed by atoms with van der Waals surface area (Å²) in [5.74, 6) is -0.895. The van der Waals surface area contributed by atoms with Crippen LogP contribution in [0.3, 0.4) is 0 Å². The summed E-state index contributed by atoms with van der Waals surface area (Å²) >= 11 is 7.75. The number of carboxylic acid groups (broad SMARTS) is 1. The second-order valence-electron chi connectivity index (χ2n) is 13.7. The third-order valence-electron chi connectivity index (χ3n) is 9.27. The number of benzene rings is 3. The Labute approximate surface area is 287 Å². The van der Waals surface area contributed by atoms with Crippen LogP contribution in [0.4, 0.5) is 0 Å². The van der Waals surface area contributed by atoms with Crippen LogP contribution in [0.25, 0.3) is 42.8 Å². The highest BCUT2D eigenvalue weighted by molar-refractivity contribution is 7.22. The number of rotatable bonds is 8. The van der Waals surface area contributed by atoms with Crippen molar-refractivity contribution in [2.24, 2.45) is 0 Å². The van der Waals surface area contributed by atoms with Gasteiger partial charge in [0.1, 0.15) is 5.01 Å². The molecule has 2 aliphatic rings. The fourth-order valence-corrected chi connectivity index (χ4v) is 8.16. The molecule has 0 unspecified atom stereocenters. The summed E-state index contributed by atoms with van der Waals surface area (Å²) in [6, 6.07) is 15.6. The number of piperidine rings is 1. The number of aromatic nitrogens is 3. The molecule has 48 heavy (non-hydrogen) atoms. The van der Waals surface area contributed by atoms with Crippen molar-refractivity contribution in [3.8, 4) is 21.7 Å². The van der Waals surface area contributed by atoms with Gasteiger partial charge in [-0.2, -0.15) is 5.10 Å². The van der Waals surface area contributed by atoms with Gasteiger partial charge in [-0.05, 0) is 101 Å². The monoisotopic (exact) mass is 690 g/mol. The van der Waals surface area contributed by atoms with Crippen molar-refractivity contribution in [2.75, 3.05) is 26.3 Å². The molecule has 10 nitrogen and oxygen atoms in total. The molecule has 1 atom stereocenters. The average molecular weight is 691 g/mol. The first-order chi connectivity index (χ1) is 22.9. The molecule has 4 heterocycles. The second-order valence-corrected chi connectivity index (χ2v) is 15.1.